The fourth-order valence-electron chi connectivity index (χ4n) is 2.79. The van der Waals surface area contributed by atoms with Crippen LogP contribution in [0.4, 0.5) is 0 Å². The highest BCUT2D eigenvalue weighted by Crippen LogP contribution is 2.35. The van der Waals surface area contributed by atoms with Gasteiger partial charge in [0.05, 0.1) is 7.11 Å². The molecule has 0 unspecified atom stereocenters. The van der Waals surface area contributed by atoms with Gasteiger partial charge in [0.15, 0.2) is 0 Å². The van der Waals surface area contributed by atoms with E-state index in [1.165, 1.54) is 4.90 Å². The van der Waals surface area contributed by atoms with Crippen molar-refractivity contribution in [3.05, 3.63) is 30.0 Å². The topological polar surface area (TPSA) is 57.4 Å². The fourth-order valence-corrected chi connectivity index (χ4v) is 4.02. The van der Waals surface area contributed by atoms with Crippen LogP contribution >= 0.6 is 11.8 Å². The minimum Gasteiger partial charge on any atom is -0.360 e. The Morgan fingerprint density at radius 2 is 2.18 bits per heavy atom. The highest BCUT2D eigenvalue weighted by atomic mass is 32.2. The van der Waals surface area contributed by atoms with Crippen LogP contribution < -0.4 is 5.32 Å². The molecular formula is C16H21N3O2S. The van der Waals surface area contributed by atoms with Crippen LogP contribution in [-0.2, 0) is 4.84 Å². The van der Waals surface area contributed by atoms with Gasteiger partial charge in [-0.05, 0) is 31.0 Å². The van der Waals surface area contributed by atoms with E-state index in [9.17, 15) is 4.79 Å². The van der Waals surface area contributed by atoms with Crippen LogP contribution in [0.1, 0.15) is 23.2 Å². The van der Waals surface area contributed by atoms with E-state index in [0.717, 1.165) is 36.8 Å². The Morgan fingerprint density at radius 3 is 2.86 bits per heavy atom. The molecule has 3 rings (SSSR count). The Morgan fingerprint density at radius 1 is 1.41 bits per heavy atom. The number of thioether (sulfide) groups is 1. The van der Waals surface area contributed by atoms with Crippen molar-refractivity contribution >= 4 is 28.6 Å². The number of hydrogen-bond acceptors (Lipinski definition) is 4. The largest absolute Gasteiger partial charge is 0.360 e. The molecule has 1 aliphatic heterocycles. The summed E-state index contributed by atoms with van der Waals surface area (Å²) in [7, 11) is 3.39. The Bertz CT molecular complexity index is 662. The van der Waals surface area contributed by atoms with Gasteiger partial charge in [-0.15, -0.1) is 11.8 Å². The number of amides is 1. The van der Waals surface area contributed by atoms with E-state index in [0.29, 0.717) is 10.8 Å². The van der Waals surface area contributed by atoms with Gasteiger partial charge in [0.25, 0.3) is 5.91 Å². The van der Waals surface area contributed by atoms with Crippen molar-refractivity contribution in [2.24, 2.45) is 0 Å². The first-order chi connectivity index (χ1) is 10.7. The number of carbonyl (C=O) groups is 1. The first kappa shape index (κ1) is 15.4. The summed E-state index contributed by atoms with van der Waals surface area (Å²) in [4.78, 5) is 21.6. The van der Waals surface area contributed by atoms with E-state index >= 15 is 0 Å². The molecule has 1 aromatic carbocycles. The van der Waals surface area contributed by atoms with E-state index in [1.54, 1.807) is 14.2 Å². The highest BCUT2D eigenvalue weighted by Gasteiger charge is 2.21. The number of fused-ring (bicyclic) bond motifs is 1. The third kappa shape index (κ3) is 3.14. The normalized spacial score (nSPS) is 17.0. The van der Waals surface area contributed by atoms with Crippen LogP contribution in [0.2, 0.25) is 0 Å². The summed E-state index contributed by atoms with van der Waals surface area (Å²) in [5.41, 5.74) is 1.77. The maximum absolute atomic E-state index is 11.8. The predicted molar refractivity (Wildman–Crippen MR) is 89.1 cm³/mol. The summed E-state index contributed by atoms with van der Waals surface area (Å²) >= 11 is 1.90. The van der Waals surface area contributed by atoms with Crippen LogP contribution in [-0.4, -0.2) is 48.5 Å². The standard InChI is InChI=1S/C16H21N3O2S/c1-17-16(20)11-3-4-14-13(9-11)15(10-18-14)22-12-5-7-19(21-2)8-6-12/h3-4,9-10,12,18H,5-8H2,1-2H3,(H,17,20). The molecule has 0 spiro atoms. The van der Waals surface area contributed by atoms with Gasteiger partial charge >= 0.3 is 0 Å². The van der Waals surface area contributed by atoms with Crippen LogP contribution in [0.15, 0.2) is 29.3 Å². The van der Waals surface area contributed by atoms with E-state index in [1.807, 2.05) is 41.2 Å². The van der Waals surface area contributed by atoms with Gasteiger partial charge < -0.3 is 15.1 Å². The van der Waals surface area contributed by atoms with Gasteiger partial charge in [0.2, 0.25) is 0 Å². The van der Waals surface area contributed by atoms with Crippen LogP contribution in [0, 0.1) is 0 Å². The summed E-state index contributed by atoms with van der Waals surface area (Å²) in [6, 6.07) is 5.79. The first-order valence-electron chi connectivity index (χ1n) is 7.50. The Kier molecular flexibility index (Phi) is 4.71. The molecule has 1 aliphatic rings. The monoisotopic (exact) mass is 319 g/mol. The number of hydroxylamine groups is 2. The van der Waals surface area contributed by atoms with Gasteiger partial charge in [-0.3, -0.25) is 4.79 Å². The smallest absolute Gasteiger partial charge is 0.251 e. The lowest BCUT2D eigenvalue weighted by Crippen LogP contribution is -2.33. The number of piperidine rings is 1. The first-order valence-corrected chi connectivity index (χ1v) is 8.38. The zero-order valence-electron chi connectivity index (χ0n) is 12.9. The van der Waals surface area contributed by atoms with Crippen molar-refractivity contribution in [1.82, 2.24) is 15.4 Å². The molecule has 1 saturated heterocycles. The molecular weight excluding hydrogens is 298 g/mol. The lowest BCUT2D eigenvalue weighted by molar-refractivity contribution is -0.140. The lowest BCUT2D eigenvalue weighted by atomic mass is 10.1. The van der Waals surface area contributed by atoms with Gasteiger partial charge in [-0.2, -0.15) is 5.06 Å². The molecule has 5 nitrogen and oxygen atoms in total. The zero-order chi connectivity index (χ0) is 15.5. The second-order valence-corrected chi connectivity index (χ2v) is 6.76. The van der Waals surface area contributed by atoms with Gasteiger partial charge in [-0.25, -0.2) is 0 Å². The van der Waals surface area contributed by atoms with Crippen molar-refractivity contribution in [2.75, 3.05) is 27.2 Å². The molecule has 1 amide bonds. The van der Waals surface area contributed by atoms with Gasteiger partial charge in [0, 0.05) is 52.9 Å². The number of benzene rings is 1. The quantitative estimate of drug-likeness (QED) is 0.909. The molecule has 0 radical (unpaired) electrons. The average Bonchev–Trinajstić information content (AvgIpc) is 2.97. The van der Waals surface area contributed by atoms with E-state index in [2.05, 4.69) is 10.3 Å². The lowest BCUT2D eigenvalue weighted by Gasteiger charge is -2.29. The molecule has 1 aromatic heterocycles. The Labute approximate surface area is 134 Å². The summed E-state index contributed by atoms with van der Waals surface area (Å²) < 4.78 is 0. The van der Waals surface area contributed by atoms with Gasteiger partial charge in [0.1, 0.15) is 0 Å². The molecule has 2 aromatic rings. The van der Waals surface area contributed by atoms with Crippen LogP contribution in [0.25, 0.3) is 10.9 Å². The number of hydrogen-bond donors (Lipinski definition) is 2. The molecule has 1 fully saturated rings. The summed E-state index contributed by atoms with van der Waals surface area (Å²) in [5.74, 6) is -0.0487. The minimum atomic E-state index is -0.0487. The fraction of sp³-hybridized carbons (Fsp3) is 0.438. The van der Waals surface area contributed by atoms with E-state index in [-0.39, 0.29) is 5.91 Å². The molecule has 0 atom stereocenters. The maximum Gasteiger partial charge on any atom is 0.251 e. The maximum atomic E-state index is 11.8. The van der Waals surface area contributed by atoms with Crippen molar-refractivity contribution in [2.45, 2.75) is 23.0 Å². The van der Waals surface area contributed by atoms with Crippen LogP contribution in [0.5, 0.6) is 0 Å². The van der Waals surface area contributed by atoms with Crippen molar-refractivity contribution in [3.63, 3.8) is 0 Å². The van der Waals surface area contributed by atoms with E-state index in [4.69, 9.17) is 4.84 Å². The number of rotatable bonds is 4. The predicted octanol–water partition coefficient (Wildman–Crippen LogP) is 2.65. The summed E-state index contributed by atoms with van der Waals surface area (Å²) in [6.45, 7) is 1.94. The zero-order valence-corrected chi connectivity index (χ0v) is 13.7. The number of aromatic nitrogens is 1. The summed E-state index contributed by atoms with van der Waals surface area (Å²) in [5, 5.41) is 6.40. The van der Waals surface area contributed by atoms with Crippen molar-refractivity contribution in [3.8, 4) is 0 Å². The molecule has 6 heteroatoms. The van der Waals surface area contributed by atoms with Crippen LogP contribution in [0.3, 0.4) is 0 Å². The number of aromatic amines is 1. The third-order valence-electron chi connectivity index (χ3n) is 4.09. The number of H-pyrrole nitrogens is 1. The molecule has 22 heavy (non-hydrogen) atoms. The molecule has 118 valence electrons. The molecule has 0 aliphatic carbocycles. The SMILES string of the molecule is CNC(=O)c1ccc2[nH]cc(SC3CCN(OC)CC3)c2c1. The molecule has 2 N–H and O–H groups in total. The van der Waals surface area contributed by atoms with E-state index < -0.39 is 0 Å². The molecule has 0 bridgehead atoms. The molecule has 0 saturated carbocycles. The Hall–Kier alpha value is -1.50. The van der Waals surface area contributed by atoms with Gasteiger partial charge in [-0.1, -0.05) is 0 Å². The highest BCUT2D eigenvalue weighted by molar-refractivity contribution is 8.00. The molecule has 2 heterocycles. The third-order valence-corrected chi connectivity index (χ3v) is 5.48. The number of carbonyl (C=O) groups excluding carboxylic acids is 1. The van der Waals surface area contributed by atoms with Crippen molar-refractivity contribution < 1.29 is 9.63 Å². The number of nitrogens with one attached hydrogen (secondary N) is 2. The average molecular weight is 319 g/mol. The second-order valence-electron chi connectivity index (χ2n) is 5.42. The number of nitrogens with zero attached hydrogens (tertiary/aromatic N) is 1. The summed E-state index contributed by atoms with van der Waals surface area (Å²) in [6.07, 6.45) is 4.27. The second kappa shape index (κ2) is 6.73. The minimum absolute atomic E-state index is 0.0487. The van der Waals surface area contributed by atoms with Crippen molar-refractivity contribution in [1.29, 1.82) is 0 Å². The Balaban J connectivity index is 1.77.